The van der Waals surface area contributed by atoms with Gasteiger partial charge in [0.25, 0.3) is 0 Å². The second kappa shape index (κ2) is 7.05. The number of carbonyl (C=O) groups excluding carboxylic acids is 1. The van der Waals surface area contributed by atoms with Crippen molar-refractivity contribution in [2.75, 3.05) is 24.5 Å². The van der Waals surface area contributed by atoms with Crippen LogP contribution in [0.3, 0.4) is 0 Å². The largest absolute Gasteiger partial charge is 0.312 e. The van der Waals surface area contributed by atoms with Crippen molar-refractivity contribution in [1.82, 2.24) is 19.1 Å². The van der Waals surface area contributed by atoms with Gasteiger partial charge in [0.15, 0.2) is 0 Å². The molecule has 4 rings (SSSR count). The summed E-state index contributed by atoms with van der Waals surface area (Å²) >= 11 is 0. The normalized spacial score (nSPS) is 19.1. The lowest BCUT2D eigenvalue weighted by Gasteiger charge is -2.32. The maximum Gasteiger partial charge on any atom is 0.243 e. The van der Waals surface area contributed by atoms with E-state index in [1.165, 1.54) is 6.33 Å². The van der Waals surface area contributed by atoms with Gasteiger partial charge in [0.1, 0.15) is 12.7 Å². The third-order valence-electron chi connectivity index (χ3n) is 5.42. The van der Waals surface area contributed by atoms with Gasteiger partial charge in [-0.3, -0.25) is 4.79 Å². The van der Waals surface area contributed by atoms with Gasteiger partial charge in [0.05, 0.1) is 10.9 Å². The molecule has 2 aliphatic heterocycles. The van der Waals surface area contributed by atoms with Crippen LogP contribution in [-0.4, -0.2) is 53.0 Å². The highest BCUT2D eigenvalue weighted by Crippen LogP contribution is 2.32. The fourth-order valence-electron chi connectivity index (χ4n) is 3.96. The second-order valence-electron chi connectivity index (χ2n) is 7.08. The third-order valence-corrected chi connectivity index (χ3v) is 7.32. The Bertz CT molecular complexity index is 934. The summed E-state index contributed by atoms with van der Waals surface area (Å²) in [5, 5.41) is 4.16. The van der Waals surface area contributed by atoms with E-state index in [0.29, 0.717) is 37.4 Å². The summed E-state index contributed by atoms with van der Waals surface area (Å²) in [4.78, 5) is 17.8. The molecule has 144 valence electrons. The molecule has 0 unspecified atom stereocenters. The number of fused-ring (bicyclic) bond motifs is 1. The van der Waals surface area contributed by atoms with Crippen LogP contribution in [0.4, 0.5) is 5.69 Å². The van der Waals surface area contributed by atoms with Crippen LogP contribution in [-0.2, 0) is 21.2 Å². The first kappa shape index (κ1) is 18.1. The molecule has 0 aliphatic carbocycles. The maximum absolute atomic E-state index is 13.1. The third kappa shape index (κ3) is 3.37. The van der Waals surface area contributed by atoms with E-state index in [-0.39, 0.29) is 11.9 Å². The van der Waals surface area contributed by atoms with E-state index in [9.17, 15) is 13.2 Å². The number of aromatic nitrogens is 3. The molecule has 0 bridgehead atoms. The van der Waals surface area contributed by atoms with Crippen LogP contribution in [0.25, 0.3) is 0 Å². The van der Waals surface area contributed by atoms with E-state index in [0.717, 1.165) is 24.1 Å². The summed E-state index contributed by atoms with van der Waals surface area (Å²) in [5.41, 5.74) is 1.76. The quantitative estimate of drug-likeness (QED) is 0.796. The minimum atomic E-state index is -3.54. The van der Waals surface area contributed by atoms with Crippen LogP contribution < -0.4 is 4.90 Å². The van der Waals surface area contributed by atoms with Crippen molar-refractivity contribution in [1.29, 1.82) is 0 Å². The first-order valence-corrected chi connectivity index (χ1v) is 10.7. The van der Waals surface area contributed by atoms with Gasteiger partial charge in [-0.1, -0.05) is 0 Å². The molecule has 0 N–H and O–H groups in total. The molecule has 0 atom stereocenters. The van der Waals surface area contributed by atoms with Crippen molar-refractivity contribution in [2.24, 2.45) is 0 Å². The first-order chi connectivity index (χ1) is 13.0. The predicted octanol–water partition coefficient (Wildman–Crippen LogP) is 1.60. The SMILES string of the molecule is CC(=O)N1CCCc2cc(S(=O)(=O)N3CCC(n4cncn4)CC3)ccc21. The Morgan fingerprint density at radius 3 is 2.63 bits per heavy atom. The van der Waals surface area contributed by atoms with Gasteiger partial charge in [-0.2, -0.15) is 9.40 Å². The van der Waals surface area contributed by atoms with Crippen LogP contribution in [0.5, 0.6) is 0 Å². The Labute approximate surface area is 158 Å². The van der Waals surface area contributed by atoms with E-state index >= 15 is 0 Å². The van der Waals surface area contributed by atoms with Crippen LogP contribution in [0.1, 0.15) is 37.8 Å². The molecule has 1 aromatic heterocycles. The molecule has 9 heteroatoms. The second-order valence-corrected chi connectivity index (χ2v) is 9.01. The molecule has 1 fully saturated rings. The van der Waals surface area contributed by atoms with E-state index in [1.807, 2.05) is 0 Å². The molecule has 27 heavy (non-hydrogen) atoms. The van der Waals surface area contributed by atoms with Gasteiger partial charge in [0, 0.05) is 32.2 Å². The minimum Gasteiger partial charge on any atom is -0.312 e. The lowest BCUT2D eigenvalue weighted by atomic mass is 10.0. The van der Waals surface area contributed by atoms with Gasteiger partial charge in [-0.25, -0.2) is 18.1 Å². The maximum atomic E-state index is 13.1. The molecule has 1 amide bonds. The minimum absolute atomic E-state index is 0.0123. The summed E-state index contributed by atoms with van der Waals surface area (Å²) < 4.78 is 29.5. The van der Waals surface area contributed by atoms with E-state index < -0.39 is 10.0 Å². The van der Waals surface area contributed by atoms with Gasteiger partial charge >= 0.3 is 0 Å². The number of sulfonamides is 1. The summed E-state index contributed by atoms with van der Waals surface area (Å²) in [6.07, 6.45) is 6.24. The molecule has 2 aromatic rings. The Morgan fingerprint density at radius 1 is 1.19 bits per heavy atom. The van der Waals surface area contributed by atoms with Gasteiger partial charge in [-0.05, 0) is 49.4 Å². The average Bonchev–Trinajstić information content (AvgIpc) is 3.22. The number of aryl methyl sites for hydroxylation is 1. The molecule has 0 radical (unpaired) electrons. The molecule has 2 aliphatic rings. The number of rotatable bonds is 3. The predicted molar refractivity (Wildman–Crippen MR) is 99.8 cm³/mol. The van der Waals surface area contributed by atoms with Gasteiger partial charge < -0.3 is 4.90 Å². The fraction of sp³-hybridized carbons (Fsp3) is 0.500. The number of carbonyl (C=O) groups is 1. The lowest BCUT2D eigenvalue weighted by Crippen LogP contribution is -2.39. The zero-order chi connectivity index (χ0) is 19.0. The Morgan fingerprint density at radius 2 is 1.96 bits per heavy atom. The molecule has 0 spiro atoms. The first-order valence-electron chi connectivity index (χ1n) is 9.22. The van der Waals surface area contributed by atoms with Crippen molar-refractivity contribution < 1.29 is 13.2 Å². The number of anilines is 1. The Hall–Kier alpha value is -2.26. The highest BCUT2D eigenvalue weighted by Gasteiger charge is 2.31. The number of benzene rings is 1. The summed E-state index contributed by atoms with van der Waals surface area (Å²) in [5.74, 6) is -0.0123. The zero-order valence-electron chi connectivity index (χ0n) is 15.3. The molecular formula is C18H23N5O3S. The Balaban J connectivity index is 1.54. The zero-order valence-corrected chi connectivity index (χ0v) is 16.1. The van der Waals surface area contributed by atoms with Crippen molar-refractivity contribution in [3.8, 4) is 0 Å². The summed E-state index contributed by atoms with van der Waals surface area (Å²) in [6, 6.07) is 5.32. The molecule has 1 aromatic carbocycles. The van der Waals surface area contributed by atoms with Crippen LogP contribution in [0.2, 0.25) is 0 Å². The molecule has 8 nitrogen and oxygen atoms in total. The lowest BCUT2D eigenvalue weighted by molar-refractivity contribution is -0.116. The monoisotopic (exact) mass is 389 g/mol. The molecule has 1 saturated heterocycles. The van der Waals surface area contributed by atoms with Gasteiger partial charge in [-0.15, -0.1) is 0 Å². The van der Waals surface area contributed by atoms with Crippen LogP contribution in [0, 0.1) is 0 Å². The van der Waals surface area contributed by atoms with Crippen LogP contribution in [0.15, 0.2) is 35.7 Å². The Kier molecular flexibility index (Phi) is 4.73. The van der Waals surface area contributed by atoms with E-state index in [2.05, 4.69) is 10.1 Å². The fourth-order valence-corrected chi connectivity index (χ4v) is 5.48. The molecule has 0 saturated carbocycles. The summed E-state index contributed by atoms with van der Waals surface area (Å²) in [6.45, 7) is 3.15. The van der Waals surface area contributed by atoms with E-state index in [1.54, 1.807) is 45.3 Å². The topological polar surface area (TPSA) is 88.4 Å². The van der Waals surface area contributed by atoms with E-state index in [4.69, 9.17) is 0 Å². The smallest absolute Gasteiger partial charge is 0.243 e. The standard InChI is InChI=1S/C18H23N5O3S/c1-14(24)22-8-2-3-15-11-17(4-5-18(15)22)27(25,26)21-9-6-16(7-10-21)23-13-19-12-20-23/h4-5,11-13,16H,2-3,6-10H2,1H3. The molecular weight excluding hydrogens is 366 g/mol. The highest BCUT2D eigenvalue weighted by atomic mass is 32.2. The summed E-state index contributed by atoms with van der Waals surface area (Å²) in [7, 11) is -3.54. The van der Waals surface area contributed by atoms with Gasteiger partial charge in [0.2, 0.25) is 15.9 Å². The highest BCUT2D eigenvalue weighted by molar-refractivity contribution is 7.89. The number of hydrogen-bond acceptors (Lipinski definition) is 5. The number of hydrogen-bond donors (Lipinski definition) is 0. The van der Waals surface area contributed by atoms with Crippen molar-refractivity contribution in [3.05, 3.63) is 36.4 Å². The van der Waals surface area contributed by atoms with Crippen molar-refractivity contribution in [2.45, 2.75) is 43.5 Å². The van der Waals surface area contributed by atoms with Crippen molar-refractivity contribution in [3.63, 3.8) is 0 Å². The number of piperidine rings is 1. The molecule has 3 heterocycles. The average molecular weight is 389 g/mol. The number of nitrogens with zero attached hydrogens (tertiary/aromatic N) is 5. The van der Waals surface area contributed by atoms with Crippen LogP contribution >= 0.6 is 0 Å². The number of amides is 1. The van der Waals surface area contributed by atoms with Crippen molar-refractivity contribution >= 4 is 21.6 Å².